The number of benzene rings is 1. The van der Waals surface area contributed by atoms with Crippen LogP contribution in [-0.4, -0.2) is 37.6 Å². The largest absolute Gasteiger partial charge is 0.508 e. The molecule has 0 saturated carbocycles. The number of ether oxygens (including phenoxy) is 2. The van der Waals surface area contributed by atoms with Crippen molar-refractivity contribution in [3.8, 4) is 5.75 Å². The van der Waals surface area contributed by atoms with E-state index in [0.717, 1.165) is 43.4 Å². The van der Waals surface area contributed by atoms with Gasteiger partial charge in [-0.05, 0) is 50.4 Å². The molecule has 1 fully saturated rings. The molecule has 1 aliphatic rings. The lowest BCUT2D eigenvalue weighted by molar-refractivity contribution is 0.0166. The van der Waals surface area contributed by atoms with E-state index in [9.17, 15) is 9.90 Å². The van der Waals surface area contributed by atoms with Crippen LogP contribution in [0.5, 0.6) is 5.75 Å². The van der Waals surface area contributed by atoms with E-state index in [-0.39, 0.29) is 11.9 Å². The minimum atomic E-state index is -0.405. The lowest BCUT2D eigenvalue weighted by Gasteiger charge is -2.11. The molecule has 0 bridgehead atoms. The highest BCUT2D eigenvalue weighted by atomic mass is 16.5. The van der Waals surface area contributed by atoms with E-state index < -0.39 is 5.63 Å². The van der Waals surface area contributed by atoms with Gasteiger partial charge in [0.15, 0.2) is 0 Å². The first-order valence-electron chi connectivity index (χ1n) is 8.80. The van der Waals surface area contributed by atoms with Crippen molar-refractivity contribution in [1.29, 1.82) is 0 Å². The van der Waals surface area contributed by atoms with Gasteiger partial charge >= 0.3 is 5.63 Å². The average molecular weight is 347 g/mol. The molecule has 3 rings (SSSR count). The Balaban J connectivity index is 1.48. The minimum Gasteiger partial charge on any atom is -0.508 e. The molecule has 6 heteroatoms. The van der Waals surface area contributed by atoms with Gasteiger partial charge in [0.1, 0.15) is 11.3 Å². The summed E-state index contributed by atoms with van der Waals surface area (Å²) in [5, 5.41) is 13.9. The second-order valence-electron chi connectivity index (χ2n) is 6.42. The second-order valence-corrected chi connectivity index (χ2v) is 6.42. The number of phenolic OH excluding ortho intramolecular Hbond substituents is 1. The summed E-state index contributed by atoms with van der Waals surface area (Å²) in [4.78, 5) is 11.8. The molecule has 1 saturated heterocycles. The molecule has 0 amide bonds. The summed E-state index contributed by atoms with van der Waals surface area (Å²) in [6.45, 7) is 5.32. The van der Waals surface area contributed by atoms with Crippen molar-refractivity contribution in [2.45, 2.75) is 38.8 Å². The van der Waals surface area contributed by atoms with E-state index in [1.165, 1.54) is 6.07 Å². The maximum Gasteiger partial charge on any atom is 0.336 e. The highest BCUT2D eigenvalue weighted by molar-refractivity contribution is 5.84. The lowest BCUT2D eigenvalue weighted by atomic mass is 10.1. The van der Waals surface area contributed by atoms with Gasteiger partial charge in [-0.3, -0.25) is 0 Å². The van der Waals surface area contributed by atoms with Crippen LogP contribution in [0.1, 0.15) is 30.4 Å². The van der Waals surface area contributed by atoms with Crippen LogP contribution in [0, 0.1) is 6.92 Å². The van der Waals surface area contributed by atoms with E-state index in [2.05, 4.69) is 5.32 Å². The van der Waals surface area contributed by atoms with Crippen LogP contribution in [0.3, 0.4) is 0 Å². The van der Waals surface area contributed by atoms with Gasteiger partial charge in [-0.1, -0.05) is 0 Å². The van der Waals surface area contributed by atoms with Crippen molar-refractivity contribution < 1.29 is 19.0 Å². The van der Waals surface area contributed by atoms with Gasteiger partial charge in [-0.25, -0.2) is 4.79 Å². The van der Waals surface area contributed by atoms with E-state index in [0.29, 0.717) is 30.9 Å². The Bertz CT molecular complexity index is 764. The van der Waals surface area contributed by atoms with Crippen molar-refractivity contribution >= 4 is 11.0 Å². The van der Waals surface area contributed by atoms with E-state index >= 15 is 0 Å². The number of phenols is 1. The summed E-state index contributed by atoms with van der Waals surface area (Å²) in [5.41, 5.74) is 1.50. The summed E-state index contributed by atoms with van der Waals surface area (Å²) in [6, 6.07) is 4.90. The standard InChI is InChI=1S/C19H25NO5/c1-13-17(21)6-5-16-14(10-18(22)25-19(13)16)11-20-7-3-8-23-12-15-4-2-9-24-15/h5-6,10,15,20-21H,2-4,7-9,11-12H2,1H3/t15-/m1/s1. The van der Waals surface area contributed by atoms with E-state index in [4.69, 9.17) is 13.9 Å². The first-order valence-corrected chi connectivity index (χ1v) is 8.80. The predicted octanol–water partition coefficient (Wildman–Crippen LogP) is 2.48. The molecule has 0 radical (unpaired) electrons. The second kappa shape index (κ2) is 8.47. The first kappa shape index (κ1) is 17.9. The molecule has 1 atom stereocenters. The van der Waals surface area contributed by atoms with Crippen LogP contribution >= 0.6 is 0 Å². The molecule has 6 nitrogen and oxygen atoms in total. The molecular weight excluding hydrogens is 322 g/mol. The van der Waals surface area contributed by atoms with Crippen molar-refractivity contribution in [2.75, 3.05) is 26.4 Å². The van der Waals surface area contributed by atoms with Crippen molar-refractivity contribution in [2.24, 2.45) is 0 Å². The molecule has 1 aliphatic heterocycles. The van der Waals surface area contributed by atoms with Gasteiger partial charge in [0.2, 0.25) is 0 Å². The molecule has 2 N–H and O–H groups in total. The van der Waals surface area contributed by atoms with Gasteiger partial charge in [-0.2, -0.15) is 0 Å². The van der Waals surface area contributed by atoms with Gasteiger partial charge in [-0.15, -0.1) is 0 Å². The van der Waals surface area contributed by atoms with Crippen LogP contribution in [0.25, 0.3) is 11.0 Å². The Morgan fingerprint density at radius 3 is 3.08 bits per heavy atom. The number of fused-ring (bicyclic) bond motifs is 1. The van der Waals surface area contributed by atoms with Gasteiger partial charge < -0.3 is 24.3 Å². The summed E-state index contributed by atoms with van der Waals surface area (Å²) >= 11 is 0. The Labute approximate surface area is 146 Å². The number of aryl methyl sites for hydroxylation is 1. The predicted molar refractivity (Wildman–Crippen MR) is 95.0 cm³/mol. The zero-order valence-corrected chi connectivity index (χ0v) is 14.5. The lowest BCUT2D eigenvalue weighted by Crippen LogP contribution is -2.19. The number of hydrogen-bond donors (Lipinski definition) is 2. The fourth-order valence-corrected chi connectivity index (χ4v) is 3.07. The fraction of sp³-hybridized carbons (Fsp3) is 0.526. The Kier molecular flexibility index (Phi) is 6.07. The van der Waals surface area contributed by atoms with Gasteiger partial charge in [0.05, 0.1) is 12.7 Å². The molecule has 0 unspecified atom stereocenters. The third-order valence-electron chi connectivity index (χ3n) is 4.50. The minimum absolute atomic E-state index is 0.129. The monoisotopic (exact) mass is 347 g/mol. The Morgan fingerprint density at radius 2 is 2.28 bits per heavy atom. The Morgan fingerprint density at radius 1 is 1.40 bits per heavy atom. The quantitative estimate of drug-likeness (QED) is 0.564. The number of rotatable bonds is 8. The maximum absolute atomic E-state index is 11.8. The summed E-state index contributed by atoms with van der Waals surface area (Å²) in [5.74, 6) is 0.129. The third kappa shape index (κ3) is 4.60. The number of nitrogens with one attached hydrogen (secondary N) is 1. The molecule has 25 heavy (non-hydrogen) atoms. The van der Waals surface area contributed by atoms with Crippen LogP contribution in [-0.2, 0) is 16.0 Å². The van der Waals surface area contributed by atoms with Gasteiger partial charge in [0, 0.05) is 36.8 Å². The summed E-state index contributed by atoms with van der Waals surface area (Å²) < 4.78 is 16.4. The smallest absolute Gasteiger partial charge is 0.336 e. The molecule has 0 spiro atoms. The zero-order chi connectivity index (χ0) is 17.6. The van der Waals surface area contributed by atoms with Crippen molar-refractivity contribution in [1.82, 2.24) is 5.32 Å². The topological polar surface area (TPSA) is 80.9 Å². The third-order valence-corrected chi connectivity index (χ3v) is 4.50. The maximum atomic E-state index is 11.8. The molecular formula is C19H25NO5. The molecule has 0 aliphatic carbocycles. The van der Waals surface area contributed by atoms with Crippen LogP contribution < -0.4 is 10.9 Å². The van der Waals surface area contributed by atoms with Crippen molar-refractivity contribution in [3.05, 3.63) is 39.7 Å². The highest BCUT2D eigenvalue weighted by Gasteiger charge is 2.15. The molecule has 1 aromatic carbocycles. The number of aromatic hydroxyl groups is 1. The SMILES string of the molecule is Cc1c(O)ccc2c(CNCCCOC[C@H]3CCCO3)cc(=O)oc12. The highest BCUT2D eigenvalue weighted by Crippen LogP contribution is 2.27. The van der Waals surface area contributed by atoms with Crippen LogP contribution in [0.4, 0.5) is 0 Å². The molecule has 2 aromatic rings. The normalized spacial score (nSPS) is 17.4. The number of hydrogen-bond acceptors (Lipinski definition) is 6. The fourth-order valence-electron chi connectivity index (χ4n) is 3.07. The summed E-state index contributed by atoms with van der Waals surface area (Å²) in [7, 11) is 0. The van der Waals surface area contributed by atoms with E-state index in [1.807, 2.05) is 0 Å². The summed E-state index contributed by atoms with van der Waals surface area (Å²) in [6.07, 6.45) is 3.39. The van der Waals surface area contributed by atoms with Gasteiger partial charge in [0.25, 0.3) is 0 Å². The van der Waals surface area contributed by atoms with Crippen LogP contribution in [0.2, 0.25) is 0 Å². The van der Waals surface area contributed by atoms with Crippen molar-refractivity contribution in [3.63, 3.8) is 0 Å². The molecule has 136 valence electrons. The molecule has 1 aromatic heterocycles. The molecule has 2 heterocycles. The van der Waals surface area contributed by atoms with Crippen LogP contribution in [0.15, 0.2) is 27.4 Å². The van der Waals surface area contributed by atoms with E-state index in [1.54, 1.807) is 19.1 Å². The Hall–Kier alpha value is -1.89. The average Bonchev–Trinajstić information content (AvgIpc) is 3.11. The first-order chi connectivity index (χ1) is 12.1. The zero-order valence-electron chi connectivity index (χ0n) is 14.5.